The van der Waals surface area contributed by atoms with Crippen LogP contribution in [0.2, 0.25) is 0 Å². The summed E-state index contributed by atoms with van der Waals surface area (Å²) < 4.78 is 5.14. The molecule has 21 heavy (non-hydrogen) atoms. The van der Waals surface area contributed by atoms with Crippen molar-refractivity contribution in [3.8, 4) is 11.8 Å². The smallest absolute Gasteiger partial charge is 0.252 e. The number of rotatable bonds is 6. The summed E-state index contributed by atoms with van der Waals surface area (Å²) in [5, 5.41) is 11.8. The van der Waals surface area contributed by atoms with Crippen LogP contribution in [-0.4, -0.2) is 37.4 Å². The SMILES string of the molecule is CCCC(COC)NC(=O)c1cc(C)ccc1C#CCO. The lowest BCUT2D eigenvalue weighted by Gasteiger charge is -2.18. The van der Waals surface area contributed by atoms with Gasteiger partial charge in [-0.25, -0.2) is 0 Å². The third-order valence-electron chi connectivity index (χ3n) is 3.06. The number of ether oxygens (including phenoxy) is 1. The monoisotopic (exact) mass is 289 g/mol. The van der Waals surface area contributed by atoms with E-state index >= 15 is 0 Å². The molecular formula is C17H23NO3. The molecule has 1 rings (SSSR count). The molecular weight excluding hydrogens is 266 g/mol. The molecule has 1 unspecified atom stereocenters. The molecule has 0 aliphatic heterocycles. The van der Waals surface area contributed by atoms with E-state index in [0.717, 1.165) is 18.4 Å². The fourth-order valence-corrected chi connectivity index (χ4v) is 2.10. The van der Waals surface area contributed by atoms with E-state index in [1.54, 1.807) is 13.2 Å². The second kappa shape index (κ2) is 9.17. The fraction of sp³-hybridized carbons (Fsp3) is 0.471. The van der Waals surface area contributed by atoms with Crippen LogP contribution in [0.5, 0.6) is 0 Å². The number of aliphatic hydroxyl groups excluding tert-OH is 1. The van der Waals surface area contributed by atoms with Crippen molar-refractivity contribution in [3.05, 3.63) is 34.9 Å². The van der Waals surface area contributed by atoms with Gasteiger partial charge in [0.25, 0.3) is 5.91 Å². The van der Waals surface area contributed by atoms with Crippen molar-refractivity contribution in [1.82, 2.24) is 5.32 Å². The second-order valence-electron chi connectivity index (χ2n) is 4.92. The van der Waals surface area contributed by atoms with Gasteiger partial charge in [-0.2, -0.15) is 0 Å². The fourth-order valence-electron chi connectivity index (χ4n) is 2.10. The van der Waals surface area contributed by atoms with Crippen LogP contribution in [0, 0.1) is 18.8 Å². The summed E-state index contributed by atoms with van der Waals surface area (Å²) in [7, 11) is 1.62. The van der Waals surface area contributed by atoms with Gasteiger partial charge in [0.1, 0.15) is 6.61 Å². The van der Waals surface area contributed by atoms with Crippen LogP contribution in [0.1, 0.15) is 41.3 Å². The van der Waals surface area contributed by atoms with Gasteiger partial charge in [0, 0.05) is 12.7 Å². The van der Waals surface area contributed by atoms with E-state index in [1.807, 2.05) is 19.1 Å². The number of benzene rings is 1. The van der Waals surface area contributed by atoms with Crippen molar-refractivity contribution < 1.29 is 14.6 Å². The minimum absolute atomic E-state index is 0.00772. The van der Waals surface area contributed by atoms with Gasteiger partial charge < -0.3 is 15.2 Å². The van der Waals surface area contributed by atoms with Gasteiger partial charge in [-0.05, 0) is 25.5 Å². The molecule has 0 heterocycles. The standard InChI is InChI=1S/C17H23NO3/c1-4-6-15(12-21-3)18-17(20)16-11-13(2)8-9-14(16)7-5-10-19/h8-9,11,15,19H,4,6,10,12H2,1-3H3,(H,18,20). The largest absolute Gasteiger partial charge is 0.384 e. The molecule has 1 aromatic rings. The number of hydrogen-bond donors (Lipinski definition) is 2. The molecule has 2 N–H and O–H groups in total. The van der Waals surface area contributed by atoms with Crippen LogP contribution in [0.25, 0.3) is 0 Å². The molecule has 1 amide bonds. The van der Waals surface area contributed by atoms with Crippen molar-refractivity contribution in [2.45, 2.75) is 32.7 Å². The molecule has 1 aromatic carbocycles. The van der Waals surface area contributed by atoms with Crippen molar-refractivity contribution >= 4 is 5.91 Å². The van der Waals surface area contributed by atoms with Gasteiger partial charge in [0.2, 0.25) is 0 Å². The summed E-state index contributed by atoms with van der Waals surface area (Å²) in [6, 6.07) is 5.51. The van der Waals surface area contributed by atoms with Crippen LogP contribution in [0.4, 0.5) is 0 Å². The number of nitrogens with one attached hydrogen (secondary N) is 1. The Kier molecular flexibility index (Phi) is 7.52. The Hall–Kier alpha value is -1.83. The van der Waals surface area contributed by atoms with Crippen molar-refractivity contribution in [2.75, 3.05) is 20.3 Å². The van der Waals surface area contributed by atoms with Gasteiger partial charge in [-0.1, -0.05) is 36.8 Å². The molecule has 0 aromatic heterocycles. The van der Waals surface area contributed by atoms with E-state index in [2.05, 4.69) is 24.1 Å². The number of hydrogen-bond acceptors (Lipinski definition) is 3. The number of aryl methyl sites for hydroxylation is 1. The minimum Gasteiger partial charge on any atom is -0.384 e. The molecule has 0 fully saturated rings. The summed E-state index contributed by atoms with van der Waals surface area (Å²) in [5.74, 6) is 5.24. The van der Waals surface area contributed by atoms with Gasteiger partial charge in [0.05, 0.1) is 18.2 Å². The molecule has 114 valence electrons. The lowest BCUT2D eigenvalue weighted by Crippen LogP contribution is -2.38. The predicted octanol–water partition coefficient (Wildman–Crippen LogP) is 1.88. The van der Waals surface area contributed by atoms with Crippen LogP contribution in [0.15, 0.2) is 18.2 Å². The highest BCUT2D eigenvalue weighted by atomic mass is 16.5. The molecule has 0 bridgehead atoms. The molecule has 1 atom stereocenters. The Morgan fingerprint density at radius 1 is 1.48 bits per heavy atom. The van der Waals surface area contributed by atoms with E-state index in [9.17, 15) is 4.79 Å². The molecule has 0 aliphatic carbocycles. The average Bonchev–Trinajstić information content (AvgIpc) is 2.46. The third kappa shape index (κ3) is 5.58. The molecule has 0 aliphatic rings. The number of aliphatic hydroxyl groups is 1. The first-order chi connectivity index (χ1) is 10.1. The van der Waals surface area contributed by atoms with Gasteiger partial charge in [-0.15, -0.1) is 0 Å². The minimum atomic E-state index is -0.225. The highest BCUT2D eigenvalue weighted by Crippen LogP contribution is 2.12. The zero-order valence-corrected chi connectivity index (χ0v) is 12.9. The molecule has 4 nitrogen and oxygen atoms in total. The van der Waals surface area contributed by atoms with Crippen molar-refractivity contribution in [1.29, 1.82) is 0 Å². The maximum Gasteiger partial charge on any atom is 0.252 e. The molecule has 0 radical (unpaired) electrons. The summed E-state index contributed by atoms with van der Waals surface area (Å²) >= 11 is 0. The van der Waals surface area contributed by atoms with Crippen LogP contribution < -0.4 is 5.32 Å². The molecule has 0 spiro atoms. The van der Waals surface area contributed by atoms with Crippen LogP contribution in [0.3, 0.4) is 0 Å². The number of carbonyl (C=O) groups excluding carboxylic acids is 1. The van der Waals surface area contributed by atoms with Crippen molar-refractivity contribution in [3.63, 3.8) is 0 Å². The van der Waals surface area contributed by atoms with Crippen LogP contribution >= 0.6 is 0 Å². The zero-order chi connectivity index (χ0) is 15.7. The molecule has 0 saturated carbocycles. The topological polar surface area (TPSA) is 58.6 Å². The quantitative estimate of drug-likeness (QED) is 0.786. The van der Waals surface area contributed by atoms with E-state index in [4.69, 9.17) is 9.84 Å². The Morgan fingerprint density at radius 2 is 2.24 bits per heavy atom. The number of methoxy groups -OCH3 is 1. The van der Waals surface area contributed by atoms with Gasteiger partial charge in [-0.3, -0.25) is 4.79 Å². The summed E-state index contributed by atoms with van der Waals surface area (Å²) in [5.41, 5.74) is 2.15. The van der Waals surface area contributed by atoms with Gasteiger partial charge >= 0.3 is 0 Å². The first kappa shape index (κ1) is 17.2. The summed E-state index contributed by atoms with van der Waals surface area (Å²) in [6.07, 6.45) is 1.84. The van der Waals surface area contributed by atoms with E-state index in [1.165, 1.54) is 0 Å². The average molecular weight is 289 g/mol. The van der Waals surface area contributed by atoms with E-state index in [0.29, 0.717) is 17.7 Å². The Bertz CT molecular complexity index is 523. The maximum absolute atomic E-state index is 12.4. The summed E-state index contributed by atoms with van der Waals surface area (Å²) in [4.78, 5) is 12.4. The zero-order valence-electron chi connectivity index (χ0n) is 12.9. The molecule has 0 saturated heterocycles. The van der Waals surface area contributed by atoms with Crippen molar-refractivity contribution in [2.24, 2.45) is 0 Å². The Morgan fingerprint density at radius 3 is 2.86 bits per heavy atom. The number of amides is 1. The normalized spacial score (nSPS) is 11.4. The van der Waals surface area contributed by atoms with Crippen LogP contribution in [-0.2, 0) is 4.74 Å². The lowest BCUT2D eigenvalue weighted by atomic mass is 10.0. The lowest BCUT2D eigenvalue weighted by molar-refractivity contribution is 0.0891. The highest BCUT2D eigenvalue weighted by Gasteiger charge is 2.15. The highest BCUT2D eigenvalue weighted by molar-refractivity contribution is 5.97. The predicted molar refractivity (Wildman–Crippen MR) is 83.2 cm³/mol. The Labute approximate surface area is 126 Å². The van der Waals surface area contributed by atoms with Gasteiger partial charge in [0.15, 0.2) is 0 Å². The maximum atomic E-state index is 12.4. The molecule has 4 heteroatoms. The summed E-state index contributed by atoms with van der Waals surface area (Å²) in [6.45, 7) is 4.26. The van der Waals surface area contributed by atoms with E-state index < -0.39 is 0 Å². The first-order valence-corrected chi connectivity index (χ1v) is 7.12. The third-order valence-corrected chi connectivity index (χ3v) is 3.06. The second-order valence-corrected chi connectivity index (χ2v) is 4.92. The number of carbonyl (C=O) groups is 1. The van der Waals surface area contributed by atoms with E-state index in [-0.39, 0.29) is 18.6 Å². The Balaban J connectivity index is 2.96. The first-order valence-electron chi connectivity index (χ1n) is 7.12.